The Morgan fingerprint density at radius 1 is 1.17 bits per heavy atom. The number of rotatable bonds is 1. The van der Waals surface area contributed by atoms with E-state index >= 15 is 0 Å². The molecule has 1 aliphatic rings. The van der Waals surface area contributed by atoms with Crippen molar-refractivity contribution in [1.29, 1.82) is 0 Å². The maximum Gasteiger partial charge on any atom is 0.393 e. The fourth-order valence-electron chi connectivity index (χ4n) is 3.03. The quantitative estimate of drug-likeness (QED) is 0.688. The molecular weight excluding hydrogens is 319 g/mol. The van der Waals surface area contributed by atoms with Crippen molar-refractivity contribution in [1.82, 2.24) is 14.5 Å². The summed E-state index contributed by atoms with van der Waals surface area (Å²) in [6, 6.07) is 10.5. The number of hydrogen-bond acceptors (Lipinski definition) is 3. The summed E-state index contributed by atoms with van der Waals surface area (Å²) in [6.45, 7) is -0.359. The van der Waals surface area contributed by atoms with E-state index in [4.69, 9.17) is 0 Å². The second kappa shape index (κ2) is 5.15. The lowest BCUT2D eigenvalue weighted by Crippen LogP contribution is -2.26. The zero-order valence-electron chi connectivity index (χ0n) is 12.4. The Labute approximate surface area is 134 Å². The Morgan fingerprint density at radius 3 is 2.71 bits per heavy atom. The van der Waals surface area contributed by atoms with Crippen LogP contribution < -0.4 is 5.56 Å². The van der Waals surface area contributed by atoms with Crippen molar-refractivity contribution in [3.05, 3.63) is 58.8 Å². The summed E-state index contributed by atoms with van der Waals surface area (Å²) in [4.78, 5) is 21.0. The molecule has 0 radical (unpaired) electrons. The van der Waals surface area contributed by atoms with Gasteiger partial charge in [0.15, 0.2) is 0 Å². The second-order valence-electron chi connectivity index (χ2n) is 5.83. The van der Waals surface area contributed by atoms with E-state index in [-0.39, 0.29) is 18.8 Å². The monoisotopic (exact) mass is 331 g/mol. The minimum Gasteiger partial charge on any atom is -0.295 e. The van der Waals surface area contributed by atoms with Crippen molar-refractivity contribution >= 4 is 10.9 Å². The fourth-order valence-corrected chi connectivity index (χ4v) is 3.03. The molecule has 0 saturated heterocycles. The van der Waals surface area contributed by atoms with E-state index in [1.54, 1.807) is 30.5 Å². The minimum atomic E-state index is -4.33. The molecule has 0 aliphatic carbocycles. The zero-order chi connectivity index (χ0) is 16.9. The lowest BCUT2D eigenvalue weighted by atomic mass is 10.1. The van der Waals surface area contributed by atoms with Gasteiger partial charge in [-0.3, -0.25) is 14.3 Å². The molecule has 1 unspecified atom stereocenters. The van der Waals surface area contributed by atoms with Gasteiger partial charge in [0.1, 0.15) is 5.82 Å². The Balaban J connectivity index is 1.84. The van der Waals surface area contributed by atoms with Crippen LogP contribution in [0.25, 0.3) is 22.2 Å². The SMILES string of the molecule is O=c1c2ccc(-c3ccccn3)cc2nc2n1CC(C(F)(F)F)C2. The van der Waals surface area contributed by atoms with Crippen LogP contribution in [0.5, 0.6) is 0 Å². The van der Waals surface area contributed by atoms with Gasteiger partial charge in [-0.2, -0.15) is 13.2 Å². The highest BCUT2D eigenvalue weighted by Crippen LogP contribution is 2.34. The fraction of sp³-hybridized carbons (Fsp3) is 0.235. The van der Waals surface area contributed by atoms with E-state index in [2.05, 4.69) is 9.97 Å². The van der Waals surface area contributed by atoms with Gasteiger partial charge in [-0.1, -0.05) is 12.1 Å². The van der Waals surface area contributed by atoms with Crippen molar-refractivity contribution in [2.24, 2.45) is 5.92 Å². The molecule has 122 valence electrons. The number of pyridine rings is 1. The van der Waals surface area contributed by atoms with Crippen LogP contribution in [0.4, 0.5) is 13.2 Å². The first-order valence-corrected chi connectivity index (χ1v) is 7.45. The number of hydrogen-bond donors (Lipinski definition) is 0. The maximum absolute atomic E-state index is 12.9. The molecule has 0 fully saturated rings. The van der Waals surface area contributed by atoms with E-state index in [1.165, 1.54) is 0 Å². The first-order valence-electron chi connectivity index (χ1n) is 7.45. The predicted molar refractivity (Wildman–Crippen MR) is 82.5 cm³/mol. The molecule has 1 aliphatic heterocycles. The largest absolute Gasteiger partial charge is 0.393 e. The summed E-state index contributed by atoms with van der Waals surface area (Å²) >= 11 is 0. The standard InChI is InChI=1S/C17H12F3N3O/c18-17(19,20)11-8-15-22-14-7-10(13-3-1-2-6-21-13)4-5-12(14)16(24)23(15)9-11/h1-7,11H,8-9H2. The molecule has 3 heterocycles. The Hall–Kier alpha value is -2.70. The third kappa shape index (κ3) is 2.36. The molecule has 1 atom stereocenters. The van der Waals surface area contributed by atoms with Crippen molar-refractivity contribution in [3.8, 4) is 11.3 Å². The zero-order valence-corrected chi connectivity index (χ0v) is 12.4. The van der Waals surface area contributed by atoms with Crippen LogP contribution in [0, 0.1) is 5.92 Å². The molecule has 0 amide bonds. The van der Waals surface area contributed by atoms with Crippen LogP contribution in [-0.2, 0) is 13.0 Å². The summed E-state index contributed by atoms with van der Waals surface area (Å²) in [5.41, 5.74) is 1.46. The maximum atomic E-state index is 12.9. The lowest BCUT2D eigenvalue weighted by Gasteiger charge is -2.12. The van der Waals surface area contributed by atoms with Crippen LogP contribution >= 0.6 is 0 Å². The molecular formula is C17H12F3N3O. The van der Waals surface area contributed by atoms with Gasteiger partial charge in [0.2, 0.25) is 0 Å². The van der Waals surface area contributed by atoms with Gasteiger partial charge in [0.05, 0.1) is 22.5 Å². The van der Waals surface area contributed by atoms with Crippen molar-refractivity contribution in [2.75, 3.05) is 0 Å². The third-order valence-corrected chi connectivity index (χ3v) is 4.29. The molecule has 0 saturated carbocycles. The number of aromatic nitrogens is 3. The van der Waals surface area contributed by atoms with Crippen molar-refractivity contribution in [2.45, 2.75) is 19.1 Å². The molecule has 0 bridgehead atoms. The number of benzene rings is 1. The van der Waals surface area contributed by atoms with Gasteiger partial charge in [-0.15, -0.1) is 0 Å². The topological polar surface area (TPSA) is 47.8 Å². The van der Waals surface area contributed by atoms with Crippen molar-refractivity contribution in [3.63, 3.8) is 0 Å². The Morgan fingerprint density at radius 2 is 2.00 bits per heavy atom. The van der Waals surface area contributed by atoms with Crippen LogP contribution in [0.3, 0.4) is 0 Å². The Bertz CT molecular complexity index is 980. The summed E-state index contributed by atoms with van der Waals surface area (Å²) in [5.74, 6) is -1.36. The first-order chi connectivity index (χ1) is 11.4. The highest BCUT2D eigenvalue weighted by Gasteiger charge is 2.44. The molecule has 0 spiro atoms. The smallest absolute Gasteiger partial charge is 0.295 e. The molecule has 2 aromatic heterocycles. The average molecular weight is 331 g/mol. The molecule has 4 rings (SSSR count). The average Bonchev–Trinajstić information content (AvgIpc) is 3.00. The summed E-state index contributed by atoms with van der Waals surface area (Å²) < 4.78 is 40.0. The highest BCUT2D eigenvalue weighted by molar-refractivity contribution is 5.83. The molecule has 24 heavy (non-hydrogen) atoms. The van der Waals surface area contributed by atoms with Gasteiger partial charge < -0.3 is 0 Å². The Kier molecular flexibility index (Phi) is 3.19. The summed E-state index contributed by atoms with van der Waals surface area (Å²) in [7, 11) is 0. The van der Waals surface area contributed by atoms with E-state index in [9.17, 15) is 18.0 Å². The van der Waals surface area contributed by atoms with Crippen molar-refractivity contribution < 1.29 is 13.2 Å². The lowest BCUT2D eigenvalue weighted by molar-refractivity contribution is -0.173. The molecule has 1 aromatic carbocycles. The second-order valence-corrected chi connectivity index (χ2v) is 5.83. The normalized spacial score (nSPS) is 17.2. The first kappa shape index (κ1) is 14.9. The van der Waals surface area contributed by atoms with E-state index in [0.717, 1.165) is 15.8 Å². The number of nitrogens with zero attached hydrogens (tertiary/aromatic N) is 3. The molecule has 4 nitrogen and oxygen atoms in total. The molecule has 7 heteroatoms. The molecule has 3 aromatic rings. The van der Waals surface area contributed by atoms with Crippen LogP contribution in [0.15, 0.2) is 47.4 Å². The van der Waals surface area contributed by atoms with E-state index in [1.807, 2.05) is 12.1 Å². The summed E-state index contributed by atoms with van der Waals surface area (Å²) in [6.07, 6.45) is -2.94. The van der Waals surface area contributed by atoms with Gasteiger partial charge >= 0.3 is 6.18 Å². The van der Waals surface area contributed by atoms with Crippen LogP contribution in [0.2, 0.25) is 0 Å². The van der Waals surface area contributed by atoms with E-state index < -0.39 is 17.7 Å². The predicted octanol–water partition coefficient (Wildman–Crippen LogP) is 3.19. The highest BCUT2D eigenvalue weighted by atomic mass is 19.4. The van der Waals surface area contributed by atoms with E-state index in [0.29, 0.717) is 10.9 Å². The van der Waals surface area contributed by atoms with Gasteiger partial charge in [0, 0.05) is 24.7 Å². The number of alkyl halides is 3. The van der Waals surface area contributed by atoms with Gasteiger partial charge in [-0.25, -0.2) is 4.98 Å². The number of fused-ring (bicyclic) bond motifs is 2. The van der Waals surface area contributed by atoms with Gasteiger partial charge in [-0.05, 0) is 24.3 Å². The molecule has 0 N–H and O–H groups in total. The van der Waals surface area contributed by atoms with Crippen LogP contribution in [-0.4, -0.2) is 20.7 Å². The van der Waals surface area contributed by atoms with Crippen LogP contribution in [0.1, 0.15) is 5.82 Å². The van der Waals surface area contributed by atoms with Gasteiger partial charge in [0.25, 0.3) is 5.56 Å². The minimum absolute atomic E-state index is 0.188. The number of halogens is 3. The summed E-state index contributed by atoms with van der Waals surface area (Å²) in [5, 5.41) is 0.321. The third-order valence-electron chi connectivity index (χ3n) is 4.29.